The number of carbonyl (C=O) groups is 2. The van der Waals surface area contributed by atoms with Gasteiger partial charge in [-0.15, -0.1) is 0 Å². The van der Waals surface area contributed by atoms with Crippen molar-refractivity contribution in [3.63, 3.8) is 0 Å². The third-order valence-corrected chi connectivity index (χ3v) is 9.27. The van der Waals surface area contributed by atoms with Crippen molar-refractivity contribution in [2.24, 2.45) is 0 Å². The van der Waals surface area contributed by atoms with Crippen molar-refractivity contribution < 1.29 is 42.1 Å². The average molecular weight is 778 g/mol. The van der Waals surface area contributed by atoms with E-state index in [0.29, 0.717) is 23.9 Å². The van der Waals surface area contributed by atoms with Gasteiger partial charge in [0.05, 0.1) is 27.7 Å². The molecule has 0 aliphatic rings. The lowest BCUT2D eigenvalue weighted by atomic mass is 10.1. The normalized spacial score (nSPS) is 14.4. The number of ether oxygens (including phenoxy) is 2. The van der Waals surface area contributed by atoms with Gasteiger partial charge in [0.2, 0.25) is 0 Å². The number of phosphoric ester groups is 1. The minimum atomic E-state index is -4.64. The zero-order valence-electron chi connectivity index (χ0n) is 34.6. The molecule has 0 N–H and O–H groups in total. The van der Waals surface area contributed by atoms with Gasteiger partial charge >= 0.3 is 11.9 Å². The molecule has 0 aromatic carbocycles. The van der Waals surface area contributed by atoms with E-state index < -0.39 is 32.5 Å². The molecule has 0 saturated heterocycles. The molecule has 9 nitrogen and oxygen atoms in total. The Balaban J connectivity index is 4.51. The first-order valence-corrected chi connectivity index (χ1v) is 22.2. The van der Waals surface area contributed by atoms with E-state index >= 15 is 0 Å². The number of esters is 2. The van der Waals surface area contributed by atoms with E-state index in [1.807, 2.05) is 51.5 Å². The third kappa shape index (κ3) is 39.2. The van der Waals surface area contributed by atoms with Gasteiger partial charge in [0.15, 0.2) is 6.10 Å². The van der Waals surface area contributed by atoms with Gasteiger partial charge in [-0.3, -0.25) is 14.2 Å². The number of likely N-dealkylation sites (N-methyl/N-ethyl adjacent to an activating group) is 1. The second kappa shape index (κ2) is 36.1. The summed E-state index contributed by atoms with van der Waals surface area (Å²) in [5, 5.41) is 0. The molecular weight excluding hydrogens is 701 g/mol. The topological polar surface area (TPSA) is 111 Å². The summed E-state index contributed by atoms with van der Waals surface area (Å²) in [7, 11) is 1.12. The fraction of sp³-hybridized carbons (Fsp3) is 0.682. The molecule has 0 bridgehead atoms. The highest BCUT2D eigenvalue weighted by molar-refractivity contribution is 7.45. The van der Waals surface area contributed by atoms with Crippen LogP contribution in [0.4, 0.5) is 0 Å². The van der Waals surface area contributed by atoms with E-state index in [9.17, 15) is 19.0 Å². The van der Waals surface area contributed by atoms with Crippen LogP contribution in [0.2, 0.25) is 0 Å². The van der Waals surface area contributed by atoms with Crippen LogP contribution in [-0.4, -0.2) is 70.0 Å². The van der Waals surface area contributed by atoms with Crippen molar-refractivity contribution in [2.45, 2.75) is 148 Å². The first-order valence-electron chi connectivity index (χ1n) is 20.7. The lowest BCUT2D eigenvalue weighted by Gasteiger charge is -2.28. The number of quaternary nitrogens is 1. The highest BCUT2D eigenvalue weighted by Crippen LogP contribution is 2.38. The maximum Gasteiger partial charge on any atom is 0.306 e. The predicted molar refractivity (Wildman–Crippen MR) is 222 cm³/mol. The number of allylic oxidation sites excluding steroid dienone is 12. The molecule has 0 spiro atoms. The summed E-state index contributed by atoms with van der Waals surface area (Å²) in [6, 6.07) is 0. The summed E-state index contributed by atoms with van der Waals surface area (Å²) in [5.41, 5.74) is 0. The number of nitrogens with zero attached hydrogens (tertiary/aromatic N) is 1. The van der Waals surface area contributed by atoms with E-state index in [1.165, 1.54) is 38.5 Å². The van der Waals surface area contributed by atoms with Gasteiger partial charge in [-0.1, -0.05) is 138 Å². The van der Waals surface area contributed by atoms with Crippen LogP contribution in [-0.2, 0) is 32.7 Å². The average Bonchev–Trinajstić information content (AvgIpc) is 3.12. The van der Waals surface area contributed by atoms with E-state index in [4.69, 9.17) is 18.5 Å². The van der Waals surface area contributed by atoms with Gasteiger partial charge in [0.1, 0.15) is 19.8 Å². The largest absolute Gasteiger partial charge is 0.756 e. The number of carbonyl (C=O) groups excluding carboxylic acids is 2. The molecule has 0 heterocycles. The molecule has 1 unspecified atom stereocenters. The molecule has 0 aromatic heterocycles. The van der Waals surface area contributed by atoms with Crippen molar-refractivity contribution in [1.29, 1.82) is 0 Å². The van der Waals surface area contributed by atoms with Crippen molar-refractivity contribution in [3.8, 4) is 0 Å². The Kier molecular flexibility index (Phi) is 34.4. The fourth-order valence-corrected chi connectivity index (χ4v) is 5.77. The molecule has 0 amide bonds. The van der Waals surface area contributed by atoms with Crippen LogP contribution >= 0.6 is 7.82 Å². The Labute approximate surface area is 329 Å². The second-order valence-corrected chi connectivity index (χ2v) is 16.1. The summed E-state index contributed by atoms with van der Waals surface area (Å²) < 4.78 is 33.8. The molecule has 0 saturated carbocycles. The van der Waals surface area contributed by atoms with Crippen LogP contribution in [0.5, 0.6) is 0 Å². The van der Waals surface area contributed by atoms with Crippen molar-refractivity contribution in [3.05, 3.63) is 72.9 Å². The minimum absolute atomic E-state index is 0.0446. The first kappa shape index (κ1) is 51.5. The summed E-state index contributed by atoms with van der Waals surface area (Å²) >= 11 is 0. The quantitative estimate of drug-likeness (QED) is 0.0154. The Morgan fingerprint density at radius 3 is 1.76 bits per heavy atom. The monoisotopic (exact) mass is 778 g/mol. The summed E-state index contributed by atoms with van der Waals surface area (Å²) in [6.07, 6.45) is 43.6. The highest BCUT2D eigenvalue weighted by atomic mass is 31.2. The van der Waals surface area contributed by atoms with Crippen LogP contribution in [0.15, 0.2) is 72.9 Å². The molecule has 54 heavy (non-hydrogen) atoms. The number of hydrogen-bond acceptors (Lipinski definition) is 8. The molecule has 0 aliphatic heterocycles. The standard InChI is InChI=1S/C44H76NO8P/c1-6-8-10-12-14-16-18-20-22-24-26-28-30-32-34-36-43(46)50-40-42(41-52-54(48,49)51-39-38-45(3,4)5)53-44(47)37-35-33-31-29-27-25-23-21-19-17-15-13-11-9-7-2/h9,11,13,15,17,19-23,26,28,42H,6-8,10,12,14,16,18,24-25,27,29-41H2,1-5H3/b11-9+,15-13+,19-17+,22-20+,23-21+,28-26+/t42-/m1/s1. The molecule has 2 atom stereocenters. The number of rotatable bonds is 36. The lowest BCUT2D eigenvalue weighted by Crippen LogP contribution is -2.37. The Morgan fingerprint density at radius 1 is 0.611 bits per heavy atom. The van der Waals surface area contributed by atoms with Gasteiger partial charge in [-0.25, -0.2) is 0 Å². The molecule has 0 aliphatic carbocycles. The number of hydrogen-bond donors (Lipinski definition) is 0. The van der Waals surface area contributed by atoms with Crippen molar-refractivity contribution >= 4 is 19.8 Å². The fourth-order valence-electron chi connectivity index (χ4n) is 5.05. The number of phosphoric acid groups is 1. The van der Waals surface area contributed by atoms with Crippen molar-refractivity contribution in [1.82, 2.24) is 0 Å². The molecule has 0 fully saturated rings. The zero-order valence-corrected chi connectivity index (χ0v) is 35.5. The summed E-state index contributed by atoms with van der Waals surface area (Å²) in [4.78, 5) is 37.4. The van der Waals surface area contributed by atoms with Gasteiger partial charge in [0.25, 0.3) is 7.82 Å². The van der Waals surface area contributed by atoms with Crippen molar-refractivity contribution in [2.75, 3.05) is 47.5 Å². The van der Waals surface area contributed by atoms with E-state index in [0.717, 1.165) is 64.2 Å². The van der Waals surface area contributed by atoms with Crippen LogP contribution in [0.1, 0.15) is 142 Å². The molecular formula is C44H76NO8P. The van der Waals surface area contributed by atoms with Gasteiger partial charge in [0, 0.05) is 12.8 Å². The van der Waals surface area contributed by atoms with E-state index in [2.05, 4.69) is 56.4 Å². The lowest BCUT2D eigenvalue weighted by molar-refractivity contribution is -0.870. The van der Waals surface area contributed by atoms with E-state index in [-0.39, 0.29) is 26.1 Å². The Morgan fingerprint density at radius 2 is 1.13 bits per heavy atom. The van der Waals surface area contributed by atoms with Crippen LogP contribution in [0.3, 0.4) is 0 Å². The molecule has 10 heteroatoms. The third-order valence-electron chi connectivity index (χ3n) is 8.31. The van der Waals surface area contributed by atoms with Crippen LogP contribution in [0, 0.1) is 0 Å². The van der Waals surface area contributed by atoms with Crippen LogP contribution in [0.25, 0.3) is 0 Å². The van der Waals surface area contributed by atoms with Crippen LogP contribution < -0.4 is 4.89 Å². The van der Waals surface area contributed by atoms with Gasteiger partial charge in [-0.2, -0.15) is 0 Å². The van der Waals surface area contributed by atoms with Gasteiger partial charge < -0.3 is 27.9 Å². The number of unbranched alkanes of at least 4 members (excludes halogenated alkanes) is 13. The summed E-state index contributed by atoms with van der Waals surface area (Å²) in [6.45, 7) is 3.99. The molecule has 0 rings (SSSR count). The van der Waals surface area contributed by atoms with Gasteiger partial charge in [-0.05, 0) is 64.2 Å². The summed E-state index contributed by atoms with van der Waals surface area (Å²) in [5.74, 6) is -0.908. The predicted octanol–water partition coefficient (Wildman–Crippen LogP) is 10.8. The maximum atomic E-state index is 12.6. The molecule has 0 radical (unpaired) electrons. The minimum Gasteiger partial charge on any atom is -0.756 e. The molecule has 310 valence electrons. The second-order valence-electron chi connectivity index (χ2n) is 14.7. The Bertz CT molecular complexity index is 1150. The smallest absolute Gasteiger partial charge is 0.306 e. The highest BCUT2D eigenvalue weighted by Gasteiger charge is 2.21. The SMILES string of the molecule is CC/C=C/C=C/C=C/C=C/CCCCCCCC(=O)O[C@H](COC(=O)CCCC/C=C/C/C=C/CCCCCCCC)COP(=O)([O-])OCC[N+](C)(C)C. The maximum absolute atomic E-state index is 12.6. The zero-order chi connectivity index (χ0) is 40.0. The van der Waals surface area contributed by atoms with E-state index in [1.54, 1.807) is 0 Å². The first-order chi connectivity index (χ1) is 26.0. The molecule has 0 aromatic rings. The Hall–Kier alpha value is -2.55.